The van der Waals surface area contributed by atoms with E-state index in [-0.39, 0.29) is 18.0 Å². The van der Waals surface area contributed by atoms with Crippen molar-refractivity contribution in [2.45, 2.75) is 13.1 Å². The van der Waals surface area contributed by atoms with Crippen LogP contribution in [0.3, 0.4) is 0 Å². The molecule has 0 aliphatic carbocycles. The van der Waals surface area contributed by atoms with Gasteiger partial charge < -0.3 is 9.80 Å². The molecule has 0 saturated carbocycles. The Morgan fingerprint density at radius 3 is 2.35 bits per heavy atom. The SMILES string of the molecule is CN(C)CCN(Cc1ccc(C#N)cc1)C(=O)Cn1nc(-c2ccccc2)ccc1=O. The largest absolute Gasteiger partial charge is 0.335 e. The van der Waals surface area contributed by atoms with Gasteiger partial charge in [-0.25, -0.2) is 4.68 Å². The van der Waals surface area contributed by atoms with Crippen LogP contribution in [0.5, 0.6) is 0 Å². The zero-order valence-corrected chi connectivity index (χ0v) is 17.7. The fourth-order valence-electron chi connectivity index (χ4n) is 3.07. The molecule has 158 valence electrons. The van der Waals surface area contributed by atoms with Crippen molar-refractivity contribution in [2.75, 3.05) is 27.2 Å². The Morgan fingerprint density at radius 2 is 1.71 bits per heavy atom. The minimum atomic E-state index is -0.320. The highest BCUT2D eigenvalue weighted by Gasteiger charge is 2.17. The van der Waals surface area contributed by atoms with E-state index in [0.29, 0.717) is 30.9 Å². The van der Waals surface area contributed by atoms with E-state index in [1.54, 1.807) is 23.1 Å². The molecule has 0 fully saturated rings. The third-order valence-corrected chi connectivity index (χ3v) is 4.85. The number of hydrogen-bond donors (Lipinski definition) is 0. The van der Waals surface area contributed by atoms with Crippen LogP contribution < -0.4 is 5.56 Å². The topological polar surface area (TPSA) is 82.2 Å². The molecular weight excluding hydrogens is 390 g/mol. The van der Waals surface area contributed by atoms with Crippen LogP contribution in [0.2, 0.25) is 0 Å². The quantitative estimate of drug-likeness (QED) is 0.564. The normalized spacial score (nSPS) is 10.6. The summed E-state index contributed by atoms with van der Waals surface area (Å²) in [6.45, 7) is 1.46. The maximum absolute atomic E-state index is 13.1. The molecule has 2 aromatic carbocycles. The van der Waals surface area contributed by atoms with Crippen LogP contribution in [0.25, 0.3) is 11.3 Å². The molecule has 0 N–H and O–H groups in total. The Balaban J connectivity index is 1.80. The molecule has 1 amide bonds. The van der Waals surface area contributed by atoms with Crippen LogP contribution in [0, 0.1) is 11.3 Å². The molecule has 0 spiro atoms. The smallest absolute Gasteiger partial charge is 0.267 e. The van der Waals surface area contributed by atoms with E-state index in [1.807, 2.05) is 61.5 Å². The average molecular weight is 415 g/mol. The van der Waals surface area contributed by atoms with E-state index in [2.05, 4.69) is 11.2 Å². The Morgan fingerprint density at radius 1 is 1.00 bits per heavy atom. The number of aromatic nitrogens is 2. The molecule has 7 heteroatoms. The fraction of sp³-hybridized carbons (Fsp3) is 0.250. The van der Waals surface area contributed by atoms with Crippen molar-refractivity contribution in [3.8, 4) is 17.3 Å². The first-order chi connectivity index (χ1) is 15.0. The molecule has 0 aliphatic heterocycles. The molecule has 0 radical (unpaired) electrons. The molecular formula is C24H25N5O2. The summed E-state index contributed by atoms with van der Waals surface area (Å²) in [7, 11) is 3.89. The number of benzene rings is 2. The predicted molar refractivity (Wildman–Crippen MR) is 119 cm³/mol. The van der Waals surface area contributed by atoms with Crippen LogP contribution >= 0.6 is 0 Å². The van der Waals surface area contributed by atoms with Gasteiger partial charge in [0.25, 0.3) is 5.56 Å². The maximum atomic E-state index is 13.1. The Hall–Kier alpha value is -3.76. The highest BCUT2D eigenvalue weighted by atomic mass is 16.2. The summed E-state index contributed by atoms with van der Waals surface area (Å²) in [6, 6.07) is 21.9. The minimum Gasteiger partial charge on any atom is -0.335 e. The van der Waals surface area contributed by atoms with Gasteiger partial charge in [-0.05, 0) is 37.9 Å². The van der Waals surface area contributed by atoms with Crippen LogP contribution in [0.4, 0.5) is 0 Å². The van der Waals surface area contributed by atoms with Crippen molar-refractivity contribution in [2.24, 2.45) is 0 Å². The molecule has 0 atom stereocenters. The third kappa shape index (κ3) is 6.11. The van der Waals surface area contributed by atoms with Gasteiger partial charge in [0.05, 0.1) is 17.3 Å². The van der Waals surface area contributed by atoms with Crippen LogP contribution in [-0.2, 0) is 17.9 Å². The molecule has 0 aliphatic rings. The number of amides is 1. The number of carbonyl (C=O) groups is 1. The average Bonchev–Trinajstić information content (AvgIpc) is 2.79. The number of likely N-dealkylation sites (N-methyl/N-ethyl adjacent to an activating group) is 1. The highest BCUT2D eigenvalue weighted by Crippen LogP contribution is 2.14. The van der Waals surface area contributed by atoms with Crippen molar-refractivity contribution in [1.82, 2.24) is 19.6 Å². The number of hydrogen-bond acceptors (Lipinski definition) is 5. The maximum Gasteiger partial charge on any atom is 0.267 e. The molecule has 31 heavy (non-hydrogen) atoms. The Kier molecular flexibility index (Phi) is 7.31. The molecule has 7 nitrogen and oxygen atoms in total. The van der Waals surface area contributed by atoms with Gasteiger partial charge in [-0.3, -0.25) is 9.59 Å². The third-order valence-electron chi connectivity index (χ3n) is 4.85. The van der Waals surface area contributed by atoms with Gasteiger partial charge in [0.2, 0.25) is 5.91 Å². The van der Waals surface area contributed by atoms with Gasteiger partial charge in [-0.1, -0.05) is 42.5 Å². The van der Waals surface area contributed by atoms with Crippen molar-refractivity contribution in [3.05, 3.63) is 88.2 Å². The Labute approximate surface area is 181 Å². The molecule has 0 unspecified atom stereocenters. The fourth-order valence-corrected chi connectivity index (χ4v) is 3.07. The number of carbonyl (C=O) groups excluding carboxylic acids is 1. The summed E-state index contributed by atoms with van der Waals surface area (Å²) in [5.74, 6) is -0.189. The number of rotatable bonds is 8. The first kappa shape index (κ1) is 21.9. The van der Waals surface area contributed by atoms with Gasteiger partial charge in [0.1, 0.15) is 6.54 Å². The summed E-state index contributed by atoms with van der Waals surface area (Å²) >= 11 is 0. The molecule has 1 aromatic heterocycles. The lowest BCUT2D eigenvalue weighted by atomic mass is 10.1. The lowest BCUT2D eigenvalue weighted by molar-refractivity contribution is -0.132. The van der Waals surface area contributed by atoms with Crippen LogP contribution in [-0.4, -0.2) is 52.7 Å². The van der Waals surface area contributed by atoms with Crippen LogP contribution in [0.1, 0.15) is 11.1 Å². The van der Waals surface area contributed by atoms with Gasteiger partial charge in [-0.2, -0.15) is 10.4 Å². The number of nitrogens with zero attached hydrogens (tertiary/aromatic N) is 5. The summed E-state index contributed by atoms with van der Waals surface area (Å²) in [6.07, 6.45) is 0. The second-order valence-corrected chi connectivity index (χ2v) is 7.51. The lowest BCUT2D eigenvalue weighted by Gasteiger charge is -2.25. The monoisotopic (exact) mass is 415 g/mol. The summed E-state index contributed by atoms with van der Waals surface area (Å²) in [4.78, 5) is 29.2. The zero-order chi connectivity index (χ0) is 22.2. The van der Waals surface area contributed by atoms with E-state index in [4.69, 9.17) is 5.26 Å². The van der Waals surface area contributed by atoms with Gasteiger partial charge in [0, 0.05) is 31.3 Å². The lowest BCUT2D eigenvalue weighted by Crippen LogP contribution is -2.40. The first-order valence-electron chi connectivity index (χ1n) is 10.0. The van der Waals surface area contributed by atoms with Gasteiger partial charge in [-0.15, -0.1) is 0 Å². The van der Waals surface area contributed by atoms with E-state index in [0.717, 1.165) is 11.1 Å². The molecule has 0 bridgehead atoms. The zero-order valence-electron chi connectivity index (χ0n) is 17.7. The predicted octanol–water partition coefficient (Wildman–Crippen LogP) is 2.37. The summed E-state index contributed by atoms with van der Waals surface area (Å²) in [5.41, 5.74) is 2.69. The first-order valence-corrected chi connectivity index (χ1v) is 10.0. The summed E-state index contributed by atoms with van der Waals surface area (Å²) in [5, 5.41) is 13.4. The highest BCUT2D eigenvalue weighted by molar-refractivity contribution is 5.76. The van der Waals surface area contributed by atoms with E-state index < -0.39 is 0 Å². The minimum absolute atomic E-state index is 0.136. The van der Waals surface area contributed by atoms with E-state index in [9.17, 15) is 9.59 Å². The van der Waals surface area contributed by atoms with Gasteiger partial charge >= 0.3 is 0 Å². The standard InChI is InChI=1S/C24H25N5O2/c1-27(2)14-15-28(17-20-10-8-19(16-25)9-11-20)24(31)18-29-23(30)13-12-22(26-29)21-6-4-3-5-7-21/h3-13H,14-15,17-18H2,1-2H3. The molecule has 1 heterocycles. The van der Waals surface area contributed by atoms with Crippen molar-refractivity contribution in [1.29, 1.82) is 5.26 Å². The molecule has 3 rings (SSSR count). The van der Waals surface area contributed by atoms with Crippen molar-refractivity contribution >= 4 is 5.91 Å². The van der Waals surface area contributed by atoms with Crippen molar-refractivity contribution < 1.29 is 4.79 Å². The van der Waals surface area contributed by atoms with Gasteiger partial charge in [0.15, 0.2) is 0 Å². The van der Waals surface area contributed by atoms with E-state index in [1.165, 1.54) is 10.7 Å². The molecule has 3 aromatic rings. The van der Waals surface area contributed by atoms with E-state index >= 15 is 0 Å². The number of nitriles is 1. The van der Waals surface area contributed by atoms with Crippen LogP contribution in [0.15, 0.2) is 71.5 Å². The summed E-state index contributed by atoms with van der Waals surface area (Å²) < 4.78 is 1.21. The Bertz CT molecular complexity index is 1120. The van der Waals surface area contributed by atoms with Crippen molar-refractivity contribution in [3.63, 3.8) is 0 Å². The second kappa shape index (κ2) is 10.3. The molecule has 0 saturated heterocycles. The second-order valence-electron chi connectivity index (χ2n) is 7.51.